The lowest BCUT2D eigenvalue weighted by Crippen LogP contribution is -2.30. The molecule has 0 aliphatic rings. The fourth-order valence-corrected chi connectivity index (χ4v) is 3.61. The minimum Gasteiger partial charge on any atom is -0.322 e. The topological polar surface area (TPSA) is 118 Å². The highest BCUT2D eigenvalue weighted by Crippen LogP contribution is 2.23. The van der Waals surface area contributed by atoms with Crippen LogP contribution >= 0.6 is 11.6 Å². The van der Waals surface area contributed by atoms with E-state index in [1.165, 1.54) is 36.4 Å². The Hall–Kier alpha value is -2.49. The molecule has 2 aromatic carbocycles. The molecule has 138 valence electrons. The summed E-state index contributed by atoms with van der Waals surface area (Å²) in [6.07, 6.45) is 0. The van der Waals surface area contributed by atoms with Gasteiger partial charge in [0.15, 0.2) is 0 Å². The fraction of sp³-hybridized carbons (Fsp3) is 0.188. The molecule has 0 aliphatic carbocycles. The summed E-state index contributed by atoms with van der Waals surface area (Å²) in [4.78, 5) is 22.4. The second-order valence-corrected chi connectivity index (χ2v) is 7.80. The van der Waals surface area contributed by atoms with Gasteiger partial charge in [-0.2, -0.15) is 0 Å². The van der Waals surface area contributed by atoms with Gasteiger partial charge in [-0.1, -0.05) is 11.6 Å². The third-order valence-corrected chi connectivity index (χ3v) is 5.21. The highest BCUT2D eigenvalue weighted by Gasteiger charge is 2.17. The number of amides is 1. The summed E-state index contributed by atoms with van der Waals surface area (Å²) in [7, 11) is -3.62. The van der Waals surface area contributed by atoms with E-state index in [1.54, 1.807) is 13.8 Å². The third-order valence-electron chi connectivity index (χ3n) is 3.22. The summed E-state index contributed by atoms with van der Waals surface area (Å²) in [6.45, 7) is 3.42. The molecule has 8 nitrogen and oxygen atoms in total. The molecular formula is C16H16ClN3O5S. The first-order chi connectivity index (χ1) is 12.1. The number of anilines is 1. The van der Waals surface area contributed by atoms with E-state index in [1.807, 2.05) is 0 Å². The molecule has 0 fully saturated rings. The van der Waals surface area contributed by atoms with Crippen molar-refractivity contribution in [1.82, 2.24) is 4.72 Å². The maximum absolute atomic E-state index is 12.2. The number of carbonyl (C=O) groups excluding carboxylic acids is 1. The lowest BCUT2D eigenvalue weighted by molar-refractivity contribution is -0.384. The smallest absolute Gasteiger partial charge is 0.270 e. The van der Waals surface area contributed by atoms with Crippen molar-refractivity contribution in [1.29, 1.82) is 0 Å². The van der Waals surface area contributed by atoms with Crippen LogP contribution in [0.15, 0.2) is 47.4 Å². The van der Waals surface area contributed by atoms with Crippen LogP contribution in [0.1, 0.15) is 24.2 Å². The maximum atomic E-state index is 12.2. The van der Waals surface area contributed by atoms with Gasteiger partial charge in [-0.25, -0.2) is 13.1 Å². The van der Waals surface area contributed by atoms with Gasteiger partial charge in [0.25, 0.3) is 11.6 Å². The molecule has 2 rings (SSSR count). The predicted octanol–water partition coefficient (Wildman–Crippen LogP) is 3.19. The van der Waals surface area contributed by atoms with Crippen molar-refractivity contribution in [3.63, 3.8) is 0 Å². The summed E-state index contributed by atoms with van der Waals surface area (Å²) in [5.74, 6) is -0.569. The molecule has 0 bridgehead atoms. The van der Waals surface area contributed by atoms with Crippen molar-refractivity contribution < 1.29 is 18.1 Å². The Labute approximate surface area is 155 Å². The number of rotatable bonds is 6. The Balaban J connectivity index is 2.16. The molecule has 0 spiro atoms. The van der Waals surface area contributed by atoms with Crippen molar-refractivity contribution in [2.24, 2.45) is 0 Å². The molecule has 26 heavy (non-hydrogen) atoms. The summed E-state index contributed by atoms with van der Waals surface area (Å²) in [5.41, 5.74) is 0.196. The molecule has 0 saturated carbocycles. The second-order valence-electron chi connectivity index (χ2n) is 5.68. The van der Waals surface area contributed by atoms with Crippen LogP contribution in [0.25, 0.3) is 0 Å². The highest BCUT2D eigenvalue weighted by atomic mass is 35.5. The van der Waals surface area contributed by atoms with E-state index in [-0.39, 0.29) is 27.2 Å². The zero-order valence-electron chi connectivity index (χ0n) is 13.9. The van der Waals surface area contributed by atoms with E-state index >= 15 is 0 Å². The molecule has 1 amide bonds. The molecule has 0 unspecified atom stereocenters. The van der Waals surface area contributed by atoms with Gasteiger partial charge < -0.3 is 5.32 Å². The van der Waals surface area contributed by atoms with Gasteiger partial charge in [0.2, 0.25) is 10.0 Å². The molecule has 0 aromatic heterocycles. The van der Waals surface area contributed by atoms with E-state index in [2.05, 4.69) is 10.0 Å². The van der Waals surface area contributed by atoms with Crippen molar-refractivity contribution >= 4 is 38.9 Å². The number of non-ortho nitro benzene ring substituents is 1. The first-order valence-corrected chi connectivity index (χ1v) is 9.34. The van der Waals surface area contributed by atoms with Crippen LogP contribution in [0.5, 0.6) is 0 Å². The molecule has 0 atom stereocenters. The highest BCUT2D eigenvalue weighted by molar-refractivity contribution is 7.89. The monoisotopic (exact) mass is 397 g/mol. The van der Waals surface area contributed by atoms with E-state index in [0.717, 1.165) is 6.07 Å². The van der Waals surface area contributed by atoms with Crippen molar-refractivity contribution in [2.75, 3.05) is 5.32 Å². The summed E-state index contributed by atoms with van der Waals surface area (Å²) < 4.78 is 26.6. The Morgan fingerprint density at radius 3 is 2.27 bits per heavy atom. The van der Waals surface area contributed by atoms with Gasteiger partial charge in [-0.15, -0.1) is 0 Å². The first-order valence-electron chi connectivity index (χ1n) is 7.48. The minimum absolute atomic E-state index is 0.0583. The van der Waals surface area contributed by atoms with E-state index in [0.29, 0.717) is 5.69 Å². The number of carbonyl (C=O) groups is 1. The number of hydrogen-bond acceptors (Lipinski definition) is 5. The Morgan fingerprint density at radius 2 is 1.77 bits per heavy atom. The third kappa shape index (κ3) is 4.78. The molecule has 2 aromatic rings. The van der Waals surface area contributed by atoms with Crippen LogP contribution in [-0.2, 0) is 10.0 Å². The normalized spacial score (nSPS) is 11.4. The summed E-state index contributed by atoms with van der Waals surface area (Å²) >= 11 is 5.92. The number of sulfonamides is 1. The number of benzene rings is 2. The Kier molecular flexibility index (Phi) is 5.96. The number of hydrogen-bond donors (Lipinski definition) is 2. The zero-order valence-corrected chi connectivity index (χ0v) is 15.5. The SMILES string of the molecule is CC(C)NS(=O)(=O)c1ccc(NC(=O)c2ccc([N+](=O)[O-])cc2Cl)cc1. The van der Waals surface area contributed by atoms with Crippen molar-refractivity contribution in [3.8, 4) is 0 Å². The van der Waals surface area contributed by atoms with Crippen LogP contribution in [0.4, 0.5) is 11.4 Å². The molecule has 0 aliphatic heterocycles. The van der Waals surface area contributed by atoms with Gasteiger partial charge in [0, 0.05) is 23.9 Å². The number of nitrogens with one attached hydrogen (secondary N) is 2. The molecule has 0 saturated heterocycles. The van der Waals surface area contributed by atoms with Crippen LogP contribution in [0.3, 0.4) is 0 Å². The largest absolute Gasteiger partial charge is 0.322 e. The lowest BCUT2D eigenvalue weighted by atomic mass is 10.2. The lowest BCUT2D eigenvalue weighted by Gasteiger charge is -2.11. The Morgan fingerprint density at radius 1 is 1.15 bits per heavy atom. The standard InChI is InChI=1S/C16H16ClN3O5S/c1-10(2)19-26(24,25)13-6-3-11(4-7-13)18-16(21)14-8-5-12(20(22)23)9-15(14)17/h3-10,19H,1-2H3,(H,18,21). The van der Waals surface area contributed by atoms with Crippen LogP contribution in [0.2, 0.25) is 5.02 Å². The summed E-state index contributed by atoms with van der Waals surface area (Å²) in [5, 5.41) is 13.2. The fourth-order valence-electron chi connectivity index (χ4n) is 2.10. The van der Waals surface area contributed by atoms with Gasteiger partial charge in [-0.05, 0) is 44.2 Å². The second kappa shape index (κ2) is 7.81. The zero-order chi connectivity index (χ0) is 19.5. The molecule has 0 radical (unpaired) electrons. The van der Waals surface area contributed by atoms with Crippen LogP contribution in [-0.4, -0.2) is 25.3 Å². The van der Waals surface area contributed by atoms with Crippen molar-refractivity contribution in [3.05, 3.63) is 63.2 Å². The van der Waals surface area contributed by atoms with E-state index in [9.17, 15) is 23.3 Å². The van der Waals surface area contributed by atoms with Gasteiger partial charge in [-0.3, -0.25) is 14.9 Å². The van der Waals surface area contributed by atoms with Crippen LogP contribution in [0, 0.1) is 10.1 Å². The Bertz CT molecular complexity index is 943. The number of nitro groups is 1. The molecule has 2 N–H and O–H groups in total. The number of nitro benzene ring substituents is 1. The minimum atomic E-state index is -3.62. The van der Waals surface area contributed by atoms with Gasteiger partial charge in [0.1, 0.15) is 0 Å². The molecular weight excluding hydrogens is 382 g/mol. The average molecular weight is 398 g/mol. The van der Waals surface area contributed by atoms with Gasteiger partial charge >= 0.3 is 0 Å². The average Bonchev–Trinajstić information content (AvgIpc) is 2.53. The van der Waals surface area contributed by atoms with Gasteiger partial charge in [0.05, 0.1) is 20.4 Å². The van der Waals surface area contributed by atoms with Crippen LogP contribution < -0.4 is 10.0 Å². The maximum Gasteiger partial charge on any atom is 0.270 e. The number of halogens is 1. The molecule has 10 heteroatoms. The predicted molar refractivity (Wildman–Crippen MR) is 98.0 cm³/mol. The summed E-state index contributed by atoms with van der Waals surface area (Å²) in [6, 6.07) is 8.86. The first kappa shape index (κ1) is 19.8. The van der Waals surface area contributed by atoms with Crippen molar-refractivity contribution in [2.45, 2.75) is 24.8 Å². The quantitative estimate of drug-likeness (QED) is 0.573. The van der Waals surface area contributed by atoms with E-state index in [4.69, 9.17) is 11.6 Å². The number of nitrogens with zero attached hydrogens (tertiary/aromatic N) is 1. The molecule has 0 heterocycles. The van der Waals surface area contributed by atoms with E-state index < -0.39 is 20.9 Å².